The Balaban J connectivity index is 1.88. The lowest BCUT2D eigenvalue weighted by atomic mass is 10.2. The minimum atomic E-state index is -0.766. The van der Waals surface area contributed by atoms with Crippen molar-refractivity contribution in [2.75, 3.05) is 0 Å². The third-order valence-electron chi connectivity index (χ3n) is 2.79. The number of rotatable bonds is 5. The van der Waals surface area contributed by atoms with Crippen molar-refractivity contribution >= 4 is 21.9 Å². The first-order valence-electron chi connectivity index (χ1n) is 6.38. The molecule has 0 amide bonds. The van der Waals surface area contributed by atoms with Gasteiger partial charge in [-0.25, -0.2) is 9.18 Å². The van der Waals surface area contributed by atoms with Gasteiger partial charge < -0.3 is 9.47 Å². The molecule has 0 aromatic heterocycles. The molecule has 0 aliphatic carbocycles. The molecule has 21 heavy (non-hydrogen) atoms. The van der Waals surface area contributed by atoms with Crippen LogP contribution in [0.25, 0.3) is 0 Å². The smallest absolute Gasteiger partial charge is 0.347 e. The zero-order valence-corrected chi connectivity index (χ0v) is 13.0. The number of hydrogen-bond donors (Lipinski definition) is 0. The lowest BCUT2D eigenvalue weighted by molar-refractivity contribution is -0.152. The summed E-state index contributed by atoms with van der Waals surface area (Å²) in [6, 6.07) is 13.3. The Hall–Kier alpha value is -1.88. The maximum Gasteiger partial charge on any atom is 0.347 e. The van der Waals surface area contributed by atoms with Crippen molar-refractivity contribution in [1.29, 1.82) is 0 Å². The highest BCUT2D eigenvalue weighted by molar-refractivity contribution is 9.10. The third-order valence-corrected chi connectivity index (χ3v) is 3.31. The molecule has 0 aliphatic rings. The van der Waals surface area contributed by atoms with E-state index < -0.39 is 17.9 Å². The molecule has 1 atom stereocenters. The molecule has 2 aromatic rings. The van der Waals surface area contributed by atoms with Crippen LogP contribution in [0.1, 0.15) is 12.5 Å². The highest BCUT2D eigenvalue weighted by atomic mass is 79.9. The fourth-order valence-corrected chi connectivity index (χ4v) is 1.91. The van der Waals surface area contributed by atoms with Gasteiger partial charge in [0.2, 0.25) is 0 Å². The average molecular weight is 353 g/mol. The van der Waals surface area contributed by atoms with Crippen molar-refractivity contribution in [2.24, 2.45) is 0 Å². The molecule has 0 fully saturated rings. The van der Waals surface area contributed by atoms with Crippen molar-refractivity contribution in [3.05, 3.63) is 64.4 Å². The second-order valence-corrected chi connectivity index (χ2v) is 5.33. The number of hydrogen-bond acceptors (Lipinski definition) is 3. The molecule has 0 saturated heterocycles. The minimum Gasteiger partial charge on any atom is -0.479 e. The standard InChI is InChI=1S/C16H14BrFO3/c1-11(21-14-8-6-13(17)7-9-14)16(19)20-10-12-4-2-3-5-15(12)18/h2-9,11H,10H2,1H3. The fourth-order valence-electron chi connectivity index (χ4n) is 1.65. The molecular weight excluding hydrogens is 339 g/mol. The summed E-state index contributed by atoms with van der Waals surface area (Å²) in [5, 5.41) is 0. The fraction of sp³-hybridized carbons (Fsp3) is 0.188. The summed E-state index contributed by atoms with van der Waals surface area (Å²) in [7, 11) is 0. The van der Waals surface area contributed by atoms with Gasteiger partial charge in [-0.1, -0.05) is 34.1 Å². The highest BCUT2D eigenvalue weighted by Gasteiger charge is 2.17. The molecule has 0 spiro atoms. The monoisotopic (exact) mass is 352 g/mol. The average Bonchev–Trinajstić information content (AvgIpc) is 2.48. The summed E-state index contributed by atoms with van der Waals surface area (Å²) in [6.45, 7) is 1.48. The highest BCUT2D eigenvalue weighted by Crippen LogP contribution is 2.18. The number of halogens is 2. The van der Waals surface area contributed by atoms with Crippen LogP contribution in [-0.4, -0.2) is 12.1 Å². The van der Waals surface area contributed by atoms with Gasteiger partial charge >= 0.3 is 5.97 Å². The quantitative estimate of drug-likeness (QED) is 0.760. The Morgan fingerprint density at radius 1 is 1.19 bits per heavy atom. The Bertz CT molecular complexity index is 613. The zero-order chi connectivity index (χ0) is 15.2. The number of carbonyl (C=O) groups is 1. The van der Waals surface area contributed by atoms with Crippen LogP contribution in [0, 0.1) is 5.82 Å². The van der Waals surface area contributed by atoms with E-state index in [1.165, 1.54) is 6.07 Å². The first kappa shape index (κ1) is 15.5. The molecule has 3 nitrogen and oxygen atoms in total. The summed E-state index contributed by atoms with van der Waals surface area (Å²) in [4.78, 5) is 11.8. The number of ether oxygens (including phenoxy) is 2. The van der Waals surface area contributed by atoms with Crippen LogP contribution < -0.4 is 4.74 Å². The van der Waals surface area contributed by atoms with E-state index in [1.54, 1.807) is 37.3 Å². The topological polar surface area (TPSA) is 35.5 Å². The van der Waals surface area contributed by atoms with Gasteiger partial charge in [0.25, 0.3) is 0 Å². The Labute approximate surface area is 130 Å². The van der Waals surface area contributed by atoms with Gasteiger partial charge in [0.05, 0.1) is 0 Å². The summed E-state index contributed by atoms with van der Waals surface area (Å²) in [6.07, 6.45) is -0.766. The summed E-state index contributed by atoms with van der Waals surface area (Å²) < 4.78 is 24.8. The molecule has 2 aromatic carbocycles. The number of benzene rings is 2. The van der Waals surface area contributed by atoms with Crippen LogP contribution in [0.15, 0.2) is 53.0 Å². The van der Waals surface area contributed by atoms with E-state index in [1.807, 2.05) is 12.1 Å². The molecule has 0 bridgehead atoms. The van der Waals surface area contributed by atoms with Crippen molar-refractivity contribution in [3.63, 3.8) is 0 Å². The van der Waals surface area contributed by atoms with Gasteiger partial charge in [0.15, 0.2) is 6.10 Å². The minimum absolute atomic E-state index is 0.112. The van der Waals surface area contributed by atoms with Crippen molar-refractivity contribution in [1.82, 2.24) is 0 Å². The van der Waals surface area contributed by atoms with E-state index in [4.69, 9.17) is 9.47 Å². The Morgan fingerprint density at radius 2 is 1.86 bits per heavy atom. The number of esters is 1. The first-order chi connectivity index (χ1) is 10.1. The summed E-state index contributed by atoms with van der Waals surface area (Å²) in [5.74, 6) is -0.374. The molecule has 0 aliphatic heterocycles. The molecule has 5 heteroatoms. The second kappa shape index (κ2) is 7.22. The maximum absolute atomic E-state index is 13.4. The normalized spacial score (nSPS) is 11.8. The predicted molar refractivity (Wildman–Crippen MR) is 80.4 cm³/mol. The third kappa shape index (κ3) is 4.56. The number of carbonyl (C=O) groups excluding carboxylic acids is 1. The van der Waals surface area contributed by atoms with Gasteiger partial charge in [0, 0.05) is 10.0 Å². The molecule has 0 N–H and O–H groups in total. The Kier molecular flexibility index (Phi) is 5.33. The van der Waals surface area contributed by atoms with Crippen LogP contribution in [-0.2, 0) is 16.1 Å². The van der Waals surface area contributed by atoms with Gasteiger partial charge in [0.1, 0.15) is 18.2 Å². The van der Waals surface area contributed by atoms with Crippen LogP contribution in [0.3, 0.4) is 0 Å². The molecule has 0 radical (unpaired) electrons. The largest absolute Gasteiger partial charge is 0.479 e. The van der Waals surface area contributed by atoms with Crippen molar-refractivity contribution in [2.45, 2.75) is 19.6 Å². The summed E-state index contributed by atoms with van der Waals surface area (Å²) >= 11 is 3.32. The van der Waals surface area contributed by atoms with Crippen LogP contribution in [0.2, 0.25) is 0 Å². The van der Waals surface area contributed by atoms with Crippen molar-refractivity contribution < 1.29 is 18.7 Å². The lowest BCUT2D eigenvalue weighted by Crippen LogP contribution is -2.26. The van der Waals surface area contributed by atoms with E-state index in [0.717, 1.165) is 4.47 Å². The van der Waals surface area contributed by atoms with E-state index in [0.29, 0.717) is 11.3 Å². The van der Waals surface area contributed by atoms with Gasteiger partial charge in [-0.05, 0) is 37.3 Å². The van der Waals surface area contributed by atoms with Gasteiger partial charge in [-0.15, -0.1) is 0 Å². The van der Waals surface area contributed by atoms with Gasteiger partial charge in [-0.3, -0.25) is 0 Å². The van der Waals surface area contributed by atoms with Crippen molar-refractivity contribution in [3.8, 4) is 5.75 Å². The first-order valence-corrected chi connectivity index (χ1v) is 7.18. The maximum atomic E-state index is 13.4. The van der Waals surface area contributed by atoms with E-state index in [9.17, 15) is 9.18 Å². The molecule has 110 valence electrons. The van der Waals surface area contributed by atoms with E-state index >= 15 is 0 Å². The zero-order valence-electron chi connectivity index (χ0n) is 11.4. The predicted octanol–water partition coefficient (Wildman–Crippen LogP) is 4.10. The molecule has 1 unspecified atom stereocenters. The van der Waals surface area contributed by atoms with Gasteiger partial charge in [-0.2, -0.15) is 0 Å². The van der Waals surface area contributed by atoms with E-state index in [2.05, 4.69) is 15.9 Å². The lowest BCUT2D eigenvalue weighted by Gasteiger charge is -2.14. The molecular formula is C16H14BrFO3. The van der Waals surface area contributed by atoms with Crippen LogP contribution in [0.4, 0.5) is 4.39 Å². The van der Waals surface area contributed by atoms with E-state index in [-0.39, 0.29) is 6.61 Å². The molecule has 2 rings (SSSR count). The second-order valence-electron chi connectivity index (χ2n) is 4.41. The SMILES string of the molecule is CC(Oc1ccc(Br)cc1)C(=O)OCc1ccccc1F. The Morgan fingerprint density at radius 3 is 2.52 bits per heavy atom. The molecule has 0 heterocycles. The van der Waals surface area contributed by atoms with Crippen LogP contribution >= 0.6 is 15.9 Å². The molecule has 0 saturated carbocycles. The summed E-state index contributed by atoms with van der Waals surface area (Å²) in [5.41, 5.74) is 0.335. The van der Waals surface area contributed by atoms with Crippen LogP contribution in [0.5, 0.6) is 5.75 Å².